The molecule has 4 amide bonds. The van der Waals surface area contributed by atoms with Crippen molar-refractivity contribution >= 4 is 23.6 Å². The first kappa shape index (κ1) is 20.6. The summed E-state index contributed by atoms with van der Waals surface area (Å²) in [6.07, 6.45) is 6.02. The quantitative estimate of drug-likeness (QED) is 0.636. The Morgan fingerprint density at radius 3 is 2.32 bits per heavy atom. The summed E-state index contributed by atoms with van der Waals surface area (Å²) in [4.78, 5) is 51.6. The smallest absolute Gasteiger partial charge is 0.338 e. The van der Waals surface area contributed by atoms with Gasteiger partial charge in [-0.05, 0) is 31.6 Å². The van der Waals surface area contributed by atoms with Gasteiger partial charge in [0.05, 0.1) is 6.54 Å². The third-order valence-corrected chi connectivity index (χ3v) is 5.97. The van der Waals surface area contributed by atoms with Gasteiger partial charge in [0, 0.05) is 32.7 Å². The second-order valence-electron chi connectivity index (χ2n) is 7.93. The van der Waals surface area contributed by atoms with Gasteiger partial charge in [-0.3, -0.25) is 19.8 Å². The fourth-order valence-corrected chi connectivity index (χ4v) is 4.15. The SMILES string of the molecule is CN1CCN(NC(=O)C(=O)C(NC(=O)C2CCCCC2)C2CCOCC2)C1=O. The number of carbonyl (C=O) groups is 4. The van der Waals surface area contributed by atoms with Gasteiger partial charge in [-0.1, -0.05) is 19.3 Å². The highest BCUT2D eigenvalue weighted by Gasteiger charge is 2.38. The molecule has 3 aliphatic rings. The summed E-state index contributed by atoms with van der Waals surface area (Å²) in [5.74, 6) is -1.94. The molecule has 1 saturated carbocycles. The van der Waals surface area contributed by atoms with Gasteiger partial charge in [0.2, 0.25) is 11.7 Å². The summed E-state index contributed by atoms with van der Waals surface area (Å²) in [5, 5.41) is 4.01. The summed E-state index contributed by atoms with van der Waals surface area (Å²) in [7, 11) is 1.63. The number of nitrogens with zero attached hydrogens (tertiary/aromatic N) is 2. The number of urea groups is 1. The number of Topliss-reactive ketones (excluding diaryl/α,β-unsaturated/α-hetero) is 1. The molecule has 0 bridgehead atoms. The van der Waals surface area contributed by atoms with Crippen LogP contribution in [-0.4, -0.2) is 72.9 Å². The Morgan fingerprint density at radius 1 is 1.04 bits per heavy atom. The topological polar surface area (TPSA) is 108 Å². The standard InChI is InChI=1S/C19H30N4O5/c1-22-9-10-23(19(22)27)21-18(26)16(24)15(13-7-11-28-12-8-13)20-17(25)14-5-3-2-4-6-14/h13-15H,2-12H2,1H3,(H,20,25)(H,21,26). The van der Waals surface area contributed by atoms with E-state index in [0.717, 1.165) is 37.1 Å². The molecular formula is C19H30N4O5. The highest BCUT2D eigenvalue weighted by Crippen LogP contribution is 2.25. The largest absolute Gasteiger partial charge is 0.381 e. The highest BCUT2D eigenvalue weighted by molar-refractivity contribution is 6.38. The zero-order valence-corrected chi connectivity index (χ0v) is 16.4. The summed E-state index contributed by atoms with van der Waals surface area (Å²) < 4.78 is 5.36. The number of rotatable bonds is 6. The van der Waals surface area contributed by atoms with Gasteiger partial charge in [-0.2, -0.15) is 0 Å². The monoisotopic (exact) mass is 394 g/mol. The molecule has 0 aromatic heterocycles. The first-order chi connectivity index (χ1) is 13.5. The van der Waals surface area contributed by atoms with Gasteiger partial charge in [0.25, 0.3) is 0 Å². The molecule has 3 fully saturated rings. The van der Waals surface area contributed by atoms with Crippen LogP contribution in [-0.2, 0) is 19.1 Å². The van der Waals surface area contributed by atoms with Crippen molar-refractivity contribution < 1.29 is 23.9 Å². The van der Waals surface area contributed by atoms with Gasteiger partial charge in [-0.25, -0.2) is 9.80 Å². The predicted molar refractivity (Wildman–Crippen MR) is 99.9 cm³/mol. The van der Waals surface area contributed by atoms with Crippen LogP contribution < -0.4 is 10.7 Å². The number of amides is 4. The zero-order valence-electron chi connectivity index (χ0n) is 16.4. The predicted octanol–water partition coefficient (Wildman–Crippen LogP) is 0.446. The van der Waals surface area contributed by atoms with Crippen molar-refractivity contribution in [1.29, 1.82) is 0 Å². The lowest BCUT2D eigenvalue weighted by molar-refractivity contribution is -0.144. The first-order valence-electron chi connectivity index (χ1n) is 10.2. The average Bonchev–Trinajstić information content (AvgIpc) is 3.04. The number of hydrazine groups is 1. The molecule has 3 rings (SSSR count). The molecule has 156 valence electrons. The first-order valence-corrected chi connectivity index (χ1v) is 10.2. The average molecular weight is 394 g/mol. The number of carbonyl (C=O) groups excluding carboxylic acids is 4. The molecule has 0 spiro atoms. The summed E-state index contributed by atoms with van der Waals surface area (Å²) in [6.45, 7) is 1.81. The molecule has 2 N–H and O–H groups in total. The minimum absolute atomic E-state index is 0.0965. The summed E-state index contributed by atoms with van der Waals surface area (Å²) >= 11 is 0. The minimum atomic E-state index is -0.881. The van der Waals surface area contributed by atoms with Crippen molar-refractivity contribution in [2.24, 2.45) is 11.8 Å². The molecule has 2 heterocycles. The molecule has 2 aliphatic heterocycles. The number of likely N-dealkylation sites (N-methyl/N-ethyl adjacent to an activating group) is 1. The molecule has 9 heteroatoms. The number of ketones is 1. The van der Waals surface area contributed by atoms with Crippen molar-refractivity contribution in [3.63, 3.8) is 0 Å². The maximum Gasteiger partial charge on any atom is 0.338 e. The Balaban J connectivity index is 1.66. The fraction of sp³-hybridized carbons (Fsp3) is 0.789. The summed E-state index contributed by atoms with van der Waals surface area (Å²) in [6, 6.07) is -1.23. The Bertz CT molecular complexity index is 613. The van der Waals surface area contributed by atoms with Crippen LogP contribution in [0.25, 0.3) is 0 Å². The van der Waals surface area contributed by atoms with Gasteiger partial charge in [0.1, 0.15) is 6.04 Å². The molecule has 0 aromatic carbocycles. The van der Waals surface area contributed by atoms with Gasteiger partial charge in [-0.15, -0.1) is 0 Å². The van der Waals surface area contributed by atoms with Crippen LogP contribution in [0.3, 0.4) is 0 Å². The van der Waals surface area contributed by atoms with Gasteiger partial charge < -0.3 is 15.0 Å². The van der Waals surface area contributed by atoms with Crippen LogP contribution >= 0.6 is 0 Å². The van der Waals surface area contributed by atoms with E-state index in [2.05, 4.69) is 10.7 Å². The van der Waals surface area contributed by atoms with Crippen molar-refractivity contribution in [3.05, 3.63) is 0 Å². The molecule has 0 radical (unpaired) electrons. The van der Waals surface area contributed by atoms with E-state index in [1.165, 1.54) is 4.90 Å². The van der Waals surface area contributed by atoms with E-state index >= 15 is 0 Å². The number of hydrogen-bond acceptors (Lipinski definition) is 5. The number of hydrogen-bond donors (Lipinski definition) is 2. The van der Waals surface area contributed by atoms with Crippen LogP contribution in [0.5, 0.6) is 0 Å². The van der Waals surface area contributed by atoms with Gasteiger partial charge in [0.15, 0.2) is 0 Å². The summed E-state index contributed by atoms with van der Waals surface area (Å²) in [5.41, 5.74) is 2.40. The molecule has 1 atom stereocenters. The van der Waals surface area contributed by atoms with Gasteiger partial charge >= 0.3 is 11.9 Å². The van der Waals surface area contributed by atoms with E-state index in [-0.39, 0.29) is 23.8 Å². The molecule has 28 heavy (non-hydrogen) atoms. The highest BCUT2D eigenvalue weighted by atomic mass is 16.5. The van der Waals surface area contributed by atoms with E-state index in [1.807, 2.05) is 0 Å². The van der Waals surface area contributed by atoms with Crippen molar-refractivity contribution in [3.8, 4) is 0 Å². The lowest BCUT2D eigenvalue weighted by Gasteiger charge is -2.31. The molecule has 2 saturated heterocycles. The maximum absolute atomic E-state index is 12.9. The fourth-order valence-electron chi connectivity index (χ4n) is 4.15. The van der Waals surface area contributed by atoms with E-state index < -0.39 is 17.7 Å². The maximum atomic E-state index is 12.9. The second-order valence-corrected chi connectivity index (χ2v) is 7.93. The van der Waals surface area contributed by atoms with E-state index in [1.54, 1.807) is 7.05 Å². The number of nitrogens with one attached hydrogen (secondary N) is 2. The zero-order chi connectivity index (χ0) is 20.1. The molecular weight excluding hydrogens is 364 g/mol. The van der Waals surface area contributed by atoms with Crippen LogP contribution in [0.2, 0.25) is 0 Å². The Labute approximate surface area is 165 Å². The van der Waals surface area contributed by atoms with E-state index in [9.17, 15) is 19.2 Å². The molecule has 1 aliphatic carbocycles. The second kappa shape index (κ2) is 9.36. The van der Waals surface area contributed by atoms with Crippen molar-refractivity contribution in [1.82, 2.24) is 20.7 Å². The normalized spacial score (nSPS) is 22.8. The lowest BCUT2D eigenvalue weighted by Crippen LogP contribution is -2.56. The Morgan fingerprint density at radius 2 is 1.71 bits per heavy atom. The Kier molecular flexibility index (Phi) is 6.88. The molecule has 9 nitrogen and oxygen atoms in total. The number of ether oxygens (including phenoxy) is 1. The molecule has 1 unspecified atom stereocenters. The Hall–Kier alpha value is -2.16. The lowest BCUT2D eigenvalue weighted by atomic mass is 9.85. The van der Waals surface area contributed by atoms with Crippen LogP contribution in [0.15, 0.2) is 0 Å². The minimum Gasteiger partial charge on any atom is -0.381 e. The third kappa shape index (κ3) is 4.81. The van der Waals surface area contributed by atoms with E-state index in [4.69, 9.17) is 4.74 Å². The van der Waals surface area contributed by atoms with Crippen molar-refractivity contribution in [2.75, 3.05) is 33.4 Å². The third-order valence-electron chi connectivity index (χ3n) is 5.97. The van der Waals surface area contributed by atoms with E-state index in [0.29, 0.717) is 39.1 Å². The van der Waals surface area contributed by atoms with Crippen LogP contribution in [0, 0.1) is 11.8 Å². The van der Waals surface area contributed by atoms with Crippen LogP contribution in [0.1, 0.15) is 44.9 Å². The molecule has 0 aromatic rings. The van der Waals surface area contributed by atoms with Crippen molar-refractivity contribution in [2.45, 2.75) is 51.0 Å². The van der Waals surface area contributed by atoms with Crippen LogP contribution in [0.4, 0.5) is 4.79 Å².